The molecule has 4 amide bonds. The summed E-state index contributed by atoms with van der Waals surface area (Å²) in [6.07, 6.45) is 1.20. The van der Waals surface area contributed by atoms with Crippen molar-refractivity contribution in [3.05, 3.63) is 0 Å². The number of nitrogens with zero attached hydrogens (tertiary/aromatic N) is 2. The van der Waals surface area contributed by atoms with E-state index in [1.807, 2.05) is 13.8 Å². The zero-order valence-corrected chi connectivity index (χ0v) is 18.4. The summed E-state index contributed by atoms with van der Waals surface area (Å²) in [6, 6.07) is 0. The van der Waals surface area contributed by atoms with Crippen LogP contribution in [0.2, 0.25) is 0 Å². The molecule has 1 aliphatic rings. The number of carbonyl (C=O) groups excluding carboxylic acids is 4. The molecule has 1 rings (SSSR count). The van der Waals surface area contributed by atoms with E-state index in [1.54, 1.807) is 11.9 Å². The minimum absolute atomic E-state index is 0. The number of carbonyl (C=O) groups is 4. The number of hydrogen-bond acceptors (Lipinski definition) is 7. The van der Waals surface area contributed by atoms with Crippen molar-refractivity contribution in [3.8, 4) is 0 Å². The Morgan fingerprint density at radius 2 is 1.97 bits per heavy atom. The fourth-order valence-electron chi connectivity index (χ4n) is 2.73. The molecule has 1 unspecified atom stereocenters. The Labute approximate surface area is 178 Å². The van der Waals surface area contributed by atoms with E-state index >= 15 is 0 Å². The van der Waals surface area contributed by atoms with E-state index in [-0.39, 0.29) is 56.3 Å². The average molecular weight is 434 g/mol. The van der Waals surface area contributed by atoms with Crippen LogP contribution < -0.4 is 5.32 Å². The van der Waals surface area contributed by atoms with E-state index in [0.29, 0.717) is 32.9 Å². The highest BCUT2D eigenvalue weighted by Crippen LogP contribution is 2.24. The normalized spacial score (nSPS) is 16.4. The summed E-state index contributed by atoms with van der Waals surface area (Å²) in [4.78, 5) is 50.3. The summed E-state index contributed by atoms with van der Waals surface area (Å²) in [6.45, 7) is 6.06. The van der Waals surface area contributed by atoms with Crippen LogP contribution in [0.4, 0.5) is 0 Å². The topological polar surface area (TPSA) is 105 Å². The van der Waals surface area contributed by atoms with Crippen molar-refractivity contribution < 1.29 is 30.1 Å². The highest BCUT2D eigenvalue weighted by Gasteiger charge is 2.38. The van der Waals surface area contributed by atoms with E-state index in [9.17, 15) is 19.2 Å². The molecule has 0 spiro atoms. The second-order valence-corrected chi connectivity index (χ2v) is 8.09. The third-order valence-corrected chi connectivity index (χ3v) is 5.39. The molecule has 10 heteroatoms. The van der Waals surface area contributed by atoms with E-state index < -0.39 is 0 Å². The van der Waals surface area contributed by atoms with Gasteiger partial charge in [-0.1, -0.05) is 13.8 Å². The summed E-state index contributed by atoms with van der Waals surface area (Å²) >= 11 is 1.46. The van der Waals surface area contributed by atoms with Gasteiger partial charge in [0.15, 0.2) is 0 Å². The molecule has 29 heavy (non-hydrogen) atoms. The smallest absolute Gasteiger partial charge is 0.248 e. The fraction of sp³-hybridized carbons (Fsp3) is 0.789. The lowest BCUT2D eigenvalue weighted by atomic mass is 10.3. The van der Waals surface area contributed by atoms with Crippen LogP contribution in [0.25, 0.3) is 0 Å². The van der Waals surface area contributed by atoms with Gasteiger partial charge in [0.05, 0.1) is 25.1 Å². The predicted molar refractivity (Wildman–Crippen MR) is 113 cm³/mol. The van der Waals surface area contributed by atoms with Crippen molar-refractivity contribution in [2.45, 2.75) is 38.4 Å². The number of hydrogen-bond donors (Lipinski definition) is 1. The van der Waals surface area contributed by atoms with Crippen LogP contribution >= 0.6 is 11.8 Å². The molecular weight excluding hydrogens is 398 g/mol. The Balaban J connectivity index is 0.00000841. The maximum atomic E-state index is 12.1. The van der Waals surface area contributed by atoms with Gasteiger partial charge in [-0.25, -0.2) is 0 Å². The number of rotatable bonds is 15. The molecule has 0 aromatic rings. The molecule has 0 radical (unpaired) electrons. The van der Waals surface area contributed by atoms with Crippen molar-refractivity contribution in [1.82, 2.24) is 15.1 Å². The molecular formula is C19H35N3O6S. The minimum Gasteiger partial charge on any atom is -0.377 e. The second kappa shape index (κ2) is 14.4. The van der Waals surface area contributed by atoms with Crippen LogP contribution in [0.3, 0.4) is 0 Å². The Kier molecular flexibility index (Phi) is 12.6. The van der Waals surface area contributed by atoms with Gasteiger partial charge in [-0.3, -0.25) is 24.1 Å². The molecule has 1 fully saturated rings. The predicted octanol–water partition coefficient (Wildman–Crippen LogP) is 0.521. The molecule has 1 aliphatic heterocycles. The largest absolute Gasteiger partial charge is 0.377 e. The Morgan fingerprint density at radius 3 is 2.66 bits per heavy atom. The number of nitrogens with one attached hydrogen (secondary N) is 1. The van der Waals surface area contributed by atoms with Crippen molar-refractivity contribution in [3.63, 3.8) is 0 Å². The quantitative estimate of drug-likeness (QED) is 0.296. The van der Waals surface area contributed by atoms with E-state index in [4.69, 9.17) is 9.47 Å². The SMILES string of the molecule is CCCN(C)C(=O)COCCOCCNC(=O)CCN1C(=O)CC(SCC)C1=O.[HH]. The van der Waals surface area contributed by atoms with Gasteiger partial charge < -0.3 is 19.7 Å². The highest BCUT2D eigenvalue weighted by molar-refractivity contribution is 8.00. The zero-order valence-electron chi connectivity index (χ0n) is 17.6. The monoisotopic (exact) mass is 433 g/mol. The van der Waals surface area contributed by atoms with Gasteiger partial charge in [0.25, 0.3) is 0 Å². The van der Waals surface area contributed by atoms with Crippen molar-refractivity contribution in [2.75, 3.05) is 58.9 Å². The lowest BCUT2D eigenvalue weighted by Crippen LogP contribution is -2.36. The summed E-state index contributed by atoms with van der Waals surface area (Å²) in [5, 5.41) is 2.38. The molecule has 0 saturated carbocycles. The number of amides is 4. The summed E-state index contributed by atoms with van der Waals surface area (Å²) in [7, 11) is 1.74. The van der Waals surface area contributed by atoms with E-state index in [0.717, 1.165) is 12.2 Å². The van der Waals surface area contributed by atoms with Crippen LogP contribution in [0.15, 0.2) is 0 Å². The van der Waals surface area contributed by atoms with Gasteiger partial charge in [0, 0.05) is 41.0 Å². The van der Waals surface area contributed by atoms with Gasteiger partial charge in [0.2, 0.25) is 23.6 Å². The van der Waals surface area contributed by atoms with Gasteiger partial charge in [-0.15, -0.1) is 11.8 Å². The van der Waals surface area contributed by atoms with Gasteiger partial charge in [0.1, 0.15) is 6.61 Å². The summed E-state index contributed by atoms with van der Waals surface area (Å²) < 4.78 is 10.6. The molecule has 1 atom stereocenters. The zero-order chi connectivity index (χ0) is 21.6. The Bertz CT molecular complexity index is 566. The second-order valence-electron chi connectivity index (χ2n) is 6.61. The van der Waals surface area contributed by atoms with Gasteiger partial charge >= 0.3 is 0 Å². The Morgan fingerprint density at radius 1 is 1.24 bits per heavy atom. The molecule has 1 N–H and O–H groups in total. The van der Waals surface area contributed by atoms with Crippen LogP contribution in [0, 0.1) is 0 Å². The van der Waals surface area contributed by atoms with E-state index in [1.165, 1.54) is 16.7 Å². The Hall–Kier alpha value is -1.65. The molecule has 0 aromatic carbocycles. The number of likely N-dealkylation sites (N-methyl/N-ethyl adjacent to an activating group) is 1. The average Bonchev–Trinajstić information content (AvgIpc) is 2.95. The molecule has 1 heterocycles. The first-order valence-corrected chi connectivity index (χ1v) is 11.1. The fourth-order valence-corrected chi connectivity index (χ4v) is 3.67. The van der Waals surface area contributed by atoms with Gasteiger partial charge in [-0.05, 0) is 12.2 Å². The molecule has 0 aliphatic carbocycles. The van der Waals surface area contributed by atoms with Crippen molar-refractivity contribution in [1.29, 1.82) is 0 Å². The van der Waals surface area contributed by atoms with Crippen LogP contribution in [0.5, 0.6) is 0 Å². The molecule has 1 saturated heterocycles. The third kappa shape index (κ3) is 9.60. The van der Waals surface area contributed by atoms with Crippen LogP contribution in [-0.2, 0) is 28.7 Å². The lowest BCUT2D eigenvalue weighted by Gasteiger charge is -2.16. The lowest BCUT2D eigenvalue weighted by molar-refractivity contribution is -0.139. The highest BCUT2D eigenvalue weighted by atomic mass is 32.2. The molecule has 168 valence electrons. The van der Waals surface area contributed by atoms with E-state index in [2.05, 4.69) is 5.32 Å². The first-order chi connectivity index (χ1) is 13.9. The standard InChI is InChI=1S/C19H33N3O6S.H2/c1-4-8-21(3)18(25)14-28-12-11-27-10-7-20-16(23)6-9-22-17(24)13-15(19(22)26)29-5-2;/h15H,4-14H2,1-3H3,(H,20,23);1H. The molecule has 0 aromatic heterocycles. The van der Waals surface area contributed by atoms with Crippen molar-refractivity contribution in [2.24, 2.45) is 0 Å². The first kappa shape index (κ1) is 25.4. The molecule has 0 bridgehead atoms. The van der Waals surface area contributed by atoms with Crippen molar-refractivity contribution >= 4 is 35.4 Å². The number of imide groups is 1. The summed E-state index contributed by atoms with van der Waals surface area (Å²) in [5.41, 5.74) is 0. The van der Waals surface area contributed by atoms with Crippen LogP contribution in [-0.4, -0.2) is 97.5 Å². The van der Waals surface area contributed by atoms with Crippen LogP contribution in [0.1, 0.15) is 34.5 Å². The third-order valence-electron chi connectivity index (χ3n) is 4.28. The first-order valence-electron chi connectivity index (χ1n) is 10.0. The minimum atomic E-state index is -0.312. The molecule has 9 nitrogen and oxygen atoms in total. The maximum absolute atomic E-state index is 12.1. The number of ether oxygens (including phenoxy) is 2. The number of likely N-dealkylation sites (tertiary alicyclic amines) is 1. The number of thioether (sulfide) groups is 1. The maximum Gasteiger partial charge on any atom is 0.248 e. The van der Waals surface area contributed by atoms with Gasteiger partial charge in [-0.2, -0.15) is 0 Å². The summed E-state index contributed by atoms with van der Waals surface area (Å²) in [5.74, 6) is 0.0685.